The molecule has 1 amide bonds. The lowest BCUT2D eigenvalue weighted by atomic mass is 10.1. The number of carbonyl (C=O) groups is 1. The number of nitrogen functional groups attached to an aromatic ring is 1. The summed E-state index contributed by atoms with van der Waals surface area (Å²) in [5, 5.41) is 0. The van der Waals surface area contributed by atoms with Gasteiger partial charge in [0.2, 0.25) is 5.88 Å². The van der Waals surface area contributed by atoms with Gasteiger partial charge in [-0.15, -0.1) is 0 Å². The highest BCUT2D eigenvalue weighted by Crippen LogP contribution is 2.18. The van der Waals surface area contributed by atoms with Crippen LogP contribution in [0.5, 0.6) is 5.88 Å². The van der Waals surface area contributed by atoms with Gasteiger partial charge in [0.15, 0.2) is 0 Å². The van der Waals surface area contributed by atoms with Crippen molar-refractivity contribution in [2.75, 3.05) is 5.73 Å². The van der Waals surface area contributed by atoms with Gasteiger partial charge >= 0.3 is 0 Å². The van der Waals surface area contributed by atoms with E-state index < -0.39 is 5.91 Å². The van der Waals surface area contributed by atoms with Gasteiger partial charge in [0.25, 0.3) is 5.91 Å². The third-order valence-electron chi connectivity index (χ3n) is 2.42. The standard InChI is InChI=1S/C11H17N3O2/c1-6(2)7(3)16-10-4-8(11(13)15)9(12)5-14-10/h4-7H,12H2,1-3H3,(H2,13,15). The molecular formula is C11H17N3O2. The molecule has 5 heteroatoms. The summed E-state index contributed by atoms with van der Waals surface area (Å²) in [5.41, 5.74) is 11.2. The maximum Gasteiger partial charge on any atom is 0.251 e. The van der Waals surface area contributed by atoms with Crippen molar-refractivity contribution >= 4 is 11.6 Å². The van der Waals surface area contributed by atoms with Crippen LogP contribution >= 0.6 is 0 Å². The zero-order chi connectivity index (χ0) is 12.3. The third kappa shape index (κ3) is 2.85. The van der Waals surface area contributed by atoms with Crippen LogP contribution in [0.2, 0.25) is 0 Å². The molecule has 4 N–H and O–H groups in total. The zero-order valence-electron chi connectivity index (χ0n) is 9.73. The maximum absolute atomic E-state index is 11.1. The molecule has 1 unspecified atom stereocenters. The molecule has 1 aromatic heterocycles. The van der Waals surface area contributed by atoms with E-state index in [-0.39, 0.29) is 17.4 Å². The molecule has 0 aliphatic heterocycles. The van der Waals surface area contributed by atoms with Gasteiger partial charge in [-0.2, -0.15) is 0 Å². The molecule has 0 aliphatic rings. The molecule has 0 spiro atoms. The van der Waals surface area contributed by atoms with Crippen LogP contribution in [0.15, 0.2) is 12.3 Å². The lowest BCUT2D eigenvalue weighted by Gasteiger charge is -2.17. The van der Waals surface area contributed by atoms with E-state index >= 15 is 0 Å². The molecule has 5 nitrogen and oxygen atoms in total. The number of primary amides is 1. The Morgan fingerprint density at radius 1 is 1.44 bits per heavy atom. The second-order valence-electron chi connectivity index (χ2n) is 4.04. The van der Waals surface area contributed by atoms with E-state index in [2.05, 4.69) is 4.98 Å². The normalized spacial score (nSPS) is 12.5. The first-order valence-electron chi connectivity index (χ1n) is 5.13. The lowest BCUT2D eigenvalue weighted by molar-refractivity contribution is 0.0999. The number of hydrogen-bond donors (Lipinski definition) is 2. The van der Waals surface area contributed by atoms with Crippen molar-refractivity contribution in [1.29, 1.82) is 0 Å². The molecule has 1 rings (SSSR count). The third-order valence-corrected chi connectivity index (χ3v) is 2.42. The first kappa shape index (κ1) is 12.3. The first-order valence-corrected chi connectivity index (χ1v) is 5.13. The summed E-state index contributed by atoms with van der Waals surface area (Å²) in [6.07, 6.45) is 1.39. The van der Waals surface area contributed by atoms with Crippen LogP contribution in [0.1, 0.15) is 31.1 Å². The summed E-state index contributed by atoms with van der Waals surface area (Å²) in [4.78, 5) is 15.0. The number of aromatic nitrogens is 1. The monoisotopic (exact) mass is 223 g/mol. The van der Waals surface area contributed by atoms with Gasteiger partial charge in [-0.1, -0.05) is 13.8 Å². The van der Waals surface area contributed by atoms with E-state index in [1.165, 1.54) is 12.3 Å². The Balaban J connectivity index is 2.91. The SMILES string of the molecule is CC(C)C(C)Oc1cc(C(N)=O)c(N)cn1. The maximum atomic E-state index is 11.1. The number of pyridine rings is 1. The topological polar surface area (TPSA) is 91.2 Å². The smallest absolute Gasteiger partial charge is 0.251 e. The highest BCUT2D eigenvalue weighted by atomic mass is 16.5. The van der Waals surface area contributed by atoms with E-state index in [1.54, 1.807) is 0 Å². The molecule has 0 bridgehead atoms. The van der Waals surface area contributed by atoms with E-state index in [9.17, 15) is 4.79 Å². The van der Waals surface area contributed by atoms with Gasteiger partial charge in [-0.25, -0.2) is 4.98 Å². The first-order chi connectivity index (χ1) is 7.41. The number of hydrogen-bond acceptors (Lipinski definition) is 4. The molecule has 0 radical (unpaired) electrons. The predicted molar refractivity (Wildman–Crippen MR) is 62.1 cm³/mol. The molecule has 0 saturated heterocycles. The molecule has 0 aliphatic carbocycles. The van der Waals surface area contributed by atoms with Crippen molar-refractivity contribution in [3.8, 4) is 5.88 Å². The van der Waals surface area contributed by atoms with Crippen LogP contribution < -0.4 is 16.2 Å². The number of amides is 1. The van der Waals surface area contributed by atoms with E-state index in [4.69, 9.17) is 16.2 Å². The fourth-order valence-electron chi connectivity index (χ4n) is 1.05. The van der Waals surface area contributed by atoms with Crippen molar-refractivity contribution in [3.05, 3.63) is 17.8 Å². The van der Waals surface area contributed by atoms with Gasteiger partial charge in [-0.3, -0.25) is 4.79 Å². The number of anilines is 1. The Labute approximate surface area is 94.8 Å². The van der Waals surface area contributed by atoms with Gasteiger partial charge in [0, 0.05) is 6.07 Å². The molecule has 0 saturated carbocycles. The average Bonchev–Trinajstić information content (AvgIpc) is 2.20. The fourth-order valence-corrected chi connectivity index (χ4v) is 1.05. The molecule has 0 fully saturated rings. The van der Waals surface area contributed by atoms with Crippen LogP contribution in [0.3, 0.4) is 0 Å². The molecular weight excluding hydrogens is 206 g/mol. The number of nitrogens with two attached hydrogens (primary N) is 2. The summed E-state index contributed by atoms with van der Waals surface area (Å²) < 4.78 is 5.55. The minimum atomic E-state index is -0.582. The van der Waals surface area contributed by atoms with Gasteiger partial charge in [-0.05, 0) is 12.8 Å². The fraction of sp³-hybridized carbons (Fsp3) is 0.455. The Morgan fingerprint density at radius 3 is 2.56 bits per heavy atom. The lowest BCUT2D eigenvalue weighted by Crippen LogP contribution is -2.20. The Hall–Kier alpha value is -1.78. The van der Waals surface area contributed by atoms with E-state index in [0.29, 0.717) is 11.8 Å². The van der Waals surface area contributed by atoms with Crippen LogP contribution in [0, 0.1) is 5.92 Å². The van der Waals surface area contributed by atoms with Crippen molar-refractivity contribution < 1.29 is 9.53 Å². The van der Waals surface area contributed by atoms with E-state index in [0.717, 1.165) is 0 Å². The molecule has 1 aromatic rings. The summed E-state index contributed by atoms with van der Waals surface area (Å²) in [5.74, 6) is 0.141. The van der Waals surface area contributed by atoms with Gasteiger partial charge in [0.05, 0.1) is 23.6 Å². The van der Waals surface area contributed by atoms with E-state index in [1.807, 2.05) is 20.8 Å². The quantitative estimate of drug-likeness (QED) is 0.802. The molecule has 0 aromatic carbocycles. The number of ether oxygens (including phenoxy) is 1. The minimum Gasteiger partial charge on any atom is -0.474 e. The summed E-state index contributed by atoms with van der Waals surface area (Å²) >= 11 is 0. The highest BCUT2D eigenvalue weighted by Gasteiger charge is 2.12. The number of carbonyl (C=O) groups excluding carboxylic acids is 1. The van der Waals surface area contributed by atoms with Crippen LogP contribution in [0.25, 0.3) is 0 Å². The zero-order valence-corrected chi connectivity index (χ0v) is 9.73. The summed E-state index contributed by atoms with van der Waals surface area (Å²) in [6.45, 7) is 6.01. The van der Waals surface area contributed by atoms with Gasteiger partial charge in [0.1, 0.15) is 0 Å². The second-order valence-corrected chi connectivity index (χ2v) is 4.04. The largest absolute Gasteiger partial charge is 0.474 e. The second kappa shape index (κ2) is 4.83. The number of rotatable bonds is 4. The Morgan fingerprint density at radius 2 is 2.06 bits per heavy atom. The van der Waals surface area contributed by atoms with Gasteiger partial charge < -0.3 is 16.2 Å². The molecule has 1 atom stereocenters. The van der Waals surface area contributed by atoms with Crippen LogP contribution in [0.4, 0.5) is 5.69 Å². The Kier molecular flexibility index (Phi) is 3.71. The summed E-state index contributed by atoms with van der Waals surface area (Å²) in [7, 11) is 0. The predicted octanol–water partition coefficient (Wildman–Crippen LogP) is 1.19. The molecule has 88 valence electrons. The minimum absolute atomic E-state index is 0.0110. The Bertz CT molecular complexity index is 391. The average molecular weight is 223 g/mol. The highest BCUT2D eigenvalue weighted by molar-refractivity contribution is 5.97. The van der Waals surface area contributed by atoms with Crippen molar-refractivity contribution in [2.24, 2.45) is 11.7 Å². The van der Waals surface area contributed by atoms with Crippen molar-refractivity contribution in [1.82, 2.24) is 4.98 Å². The van der Waals surface area contributed by atoms with Crippen molar-refractivity contribution in [2.45, 2.75) is 26.9 Å². The van der Waals surface area contributed by atoms with Crippen LogP contribution in [-0.4, -0.2) is 17.0 Å². The molecule has 16 heavy (non-hydrogen) atoms. The van der Waals surface area contributed by atoms with Crippen molar-refractivity contribution in [3.63, 3.8) is 0 Å². The summed E-state index contributed by atoms with van der Waals surface area (Å²) in [6, 6.07) is 1.47. The van der Waals surface area contributed by atoms with Crippen LogP contribution in [-0.2, 0) is 0 Å². The number of nitrogens with zero attached hydrogens (tertiary/aromatic N) is 1. The molecule has 1 heterocycles.